The number of nitrogens with zero attached hydrogens (tertiary/aromatic N) is 1. The number of esters is 1. The molecule has 1 aliphatic rings. The molecule has 0 aliphatic carbocycles. The third-order valence-electron chi connectivity index (χ3n) is 3.54. The van der Waals surface area contributed by atoms with Crippen molar-refractivity contribution in [2.24, 2.45) is 0 Å². The summed E-state index contributed by atoms with van der Waals surface area (Å²) in [5, 5.41) is 0.900. The minimum atomic E-state index is -0.393. The van der Waals surface area contributed by atoms with Gasteiger partial charge in [0.1, 0.15) is 11.9 Å². The molecular formula is C16H21Cl2NO3. The highest BCUT2D eigenvalue weighted by Crippen LogP contribution is 2.27. The number of rotatable bonds is 6. The lowest BCUT2D eigenvalue weighted by Crippen LogP contribution is -2.37. The van der Waals surface area contributed by atoms with Crippen LogP contribution in [-0.2, 0) is 9.53 Å². The molecule has 0 amide bonds. The van der Waals surface area contributed by atoms with Gasteiger partial charge in [0.25, 0.3) is 0 Å². The number of benzene rings is 1. The molecule has 1 aliphatic heterocycles. The molecule has 0 saturated carbocycles. The molecule has 122 valence electrons. The van der Waals surface area contributed by atoms with Gasteiger partial charge >= 0.3 is 5.97 Å². The van der Waals surface area contributed by atoms with Crippen LogP contribution in [0.15, 0.2) is 18.2 Å². The SMILES string of the molecule is CC(CN1CCCCC1)OC(=O)COc1ccc(Cl)cc1Cl. The van der Waals surface area contributed by atoms with E-state index in [4.69, 9.17) is 32.7 Å². The summed E-state index contributed by atoms with van der Waals surface area (Å²) in [5.41, 5.74) is 0. The molecule has 0 aromatic heterocycles. The Kier molecular flexibility index (Phi) is 6.80. The van der Waals surface area contributed by atoms with Crippen LogP contribution < -0.4 is 4.74 Å². The van der Waals surface area contributed by atoms with Gasteiger partial charge in [-0.25, -0.2) is 4.79 Å². The second-order valence-corrected chi connectivity index (χ2v) is 6.37. The minimum Gasteiger partial charge on any atom is -0.480 e. The molecule has 1 aromatic carbocycles. The van der Waals surface area contributed by atoms with Crippen LogP contribution in [0, 0.1) is 0 Å². The predicted molar refractivity (Wildman–Crippen MR) is 87.8 cm³/mol. The van der Waals surface area contributed by atoms with Crippen molar-refractivity contribution in [2.75, 3.05) is 26.2 Å². The van der Waals surface area contributed by atoms with E-state index >= 15 is 0 Å². The standard InChI is InChI=1S/C16H21Cl2NO3/c1-12(10-19-7-3-2-4-8-19)22-16(20)11-21-15-6-5-13(17)9-14(15)18/h5-6,9,12H,2-4,7-8,10-11H2,1H3. The Bertz CT molecular complexity index is 504. The van der Waals surface area contributed by atoms with Gasteiger partial charge in [0.15, 0.2) is 6.61 Å². The first-order valence-electron chi connectivity index (χ1n) is 7.54. The van der Waals surface area contributed by atoms with Gasteiger partial charge in [0.2, 0.25) is 0 Å². The van der Waals surface area contributed by atoms with Crippen LogP contribution in [0.3, 0.4) is 0 Å². The van der Waals surface area contributed by atoms with Gasteiger partial charge < -0.3 is 9.47 Å². The van der Waals surface area contributed by atoms with E-state index in [0.29, 0.717) is 15.8 Å². The lowest BCUT2D eigenvalue weighted by Gasteiger charge is -2.28. The number of halogens is 2. The summed E-state index contributed by atoms with van der Waals surface area (Å²) in [6.07, 6.45) is 3.59. The fourth-order valence-electron chi connectivity index (χ4n) is 2.53. The summed E-state index contributed by atoms with van der Waals surface area (Å²) in [6, 6.07) is 4.87. The fraction of sp³-hybridized carbons (Fsp3) is 0.562. The van der Waals surface area contributed by atoms with E-state index in [1.54, 1.807) is 18.2 Å². The summed E-state index contributed by atoms with van der Waals surface area (Å²) in [5.74, 6) is 0.0298. The predicted octanol–water partition coefficient (Wildman–Crippen LogP) is 3.79. The summed E-state index contributed by atoms with van der Waals surface area (Å²) in [7, 11) is 0. The Morgan fingerprint density at radius 3 is 2.68 bits per heavy atom. The third kappa shape index (κ3) is 5.67. The Morgan fingerprint density at radius 2 is 2.00 bits per heavy atom. The Hall–Kier alpha value is -0.970. The van der Waals surface area contributed by atoms with Crippen LogP contribution in [0.5, 0.6) is 5.75 Å². The van der Waals surface area contributed by atoms with Crippen molar-refractivity contribution in [1.82, 2.24) is 4.90 Å². The summed E-state index contributed by atoms with van der Waals surface area (Å²) >= 11 is 11.8. The molecule has 1 atom stereocenters. The summed E-state index contributed by atoms with van der Waals surface area (Å²) < 4.78 is 10.7. The Balaban J connectivity index is 1.72. The Morgan fingerprint density at radius 1 is 1.27 bits per heavy atom. The molecule has 1 saturated heterocycles. The van der Waals surface area contributed by atoms with Gasteiger partial charge in [-0.15, -0.1) is 0 Å². The van der Waals surface area contributed by atoms with Crippen LogP contribution in [-0.4, -0.2) is 43.2 Å². The van der Waals surface area contributed by atoms with E-state index in [1.807, 2.05) is 6.92 Å². The quantitative estimate of drug-likeness (QED) is 0.735. The molecule has 1 unspecified atom stereocenters. The van der Waals surface area contributed by atoms with Gasteiger partial charge in [-0.1, -0.05) is 29.6 Å². The maximum absolute atomic E-state index is 11.8. The molecule has 0 radical (unpaired) electrons. The van der Waals surface area contributed by atoms with Gasteiger partial charge in [0, 0.05) is 11.6 Å². The molecule has 2 rings (SSSR count). The Labute approximate surface area is 141 Å². The first kappa shape index (κ1) is 17.4. The molecule has 1 fully saturated rings. The van der Waals surface area contributed by atoms with Crippen molar-refractivity contribution >= 4 is 29.2 Å². The molecule has 22 heavy (non-hydrogen) atoms. The third-order valence-corrected chi connectivity index (χ3v) is 4.07. The highest BCUT2D eigenvalue weighted by molar-refractivity contribution is 6.35. The number of ether oxygens (including phenoxy) is 2. The molecule has 1 heterocycles. The van der Waals surface area contributed by atoms with Crippen LogP contribution in [0.25, 0.3) is 0 Å². The normalized spacial score (nSPS) is 17.0. The van der Waals surface area contributed by atoms with Crippen LogP contribution in [0.4, 0.5) is 0 Å². The zero-order valence-electron chi connectivity index (χ0n) is 12.7. The van der Waals surface area contributed by atoms with Crippen LogP contribution >= 0.6 is 23.2 Å². The number of piperidine rings is 1. The maximum Gasteiger partial charge on any atom is 0.344 e. The van der Waals surface area contributed by atoms with E-state index in [-0.39, 0.29) is 12.7 Å². The molecule has 0 N–H and O–H groups in total. The van der Waals surface area contributed by atoms with E-state index < -0.39 is 5.97 Å². The molecule has 1 aromatic rings. The van der Waals surface area contributed by atoms with Gasteiger partial charge in [-0.3, -0.25) is 4.90 Å². The van der Waals surface area contributed by atoms with Crippen LogP contribution in [0.1, 0.15) is 26.2 Å². The first-order valence-corrected chi connectivity index (χ1v) is 8.30. The molecule has 0 bridgehead atoms. The largest absolute Gasteiger partial charge is 0.480 e. The molecule has 6 heteroatoms. The van der Waals surface area contributed by atoms with Crippen molar-refractivity contribution in [2.45, 2.75) is 32.3 Å². The molecule has 0 spiro atoms. The zero-order chi connectivity index (χ0) is 15.9. The van der Waals surface area contributed by atoms with E-state index in [1.165, 1.54) is 19.3 Å². The first-order chi connectivity index (χ1) is 10.5. The molecular weight excluding hydrogens is 325 g/mol. The lowest BCUT2D eigenvalue weighted by molar-refractivity contribution is -0.151. The highest BCUT2D eigenvalue weighted by atomic mass is 35.5. The average Bonchev–Trinajstić information content (AvgIpc) is 2.47. The lowest BCUT2D eigenvalue weighted by atomic mass is 10.1. The number of hydrogen-bond donors (Lipinski definition) is 0. The van der Waals surface area contributed by atoms with E-state index in [2.05, 4.69) is 4.90 Å². The number of likely N-dealkylation sites (tertiary alicyclic amines) is 1. The van der Waals surface area contributed by atoms with Crippen molar-refractivity contribution < 1.29 is 14.3 Å². The average molecular weight is 346 g/mol. The zero-order valence-corrected chi connectivity index (χ0v) is 14.2. The maximum atomic E-state index is 11.8. The second-order valence-electron chi connectivity index (χ2n) is 5.53. The van der Waals surface area contributed by atoms with E-state index in [0.717, 1.165) is 19.6 Å². The second kappa shape index (κ2) is 8.61. The summed E-state index contributed by atoms with van der Waals surface area (Å²) in [6.45, 7) is 4.68. The number of hydrogen-bond acceptors (Lipinski definition) is 4. The van der Waals surface area contributed by atoms with Gasteiger partial charge in [0.05, 0.1) is 5.02 Å². The smallest absolute Gasteiger partial charge is 0.344 e. The van der Waals surface area contributed by atoms with Gasteiger partial charge in [-0.05, 0) is 51.1 Å². The minimum absolute atomic E-state index is 0.144. The summed E-state index contributed by atoms with van der Waals surface area (Å²) in [4.78, 5) is 14.1. The number of carbonyl (C=O) groups is 1. The van der Waals surface area contributed by atoms with Gasteiger partial charge in [-0.2, -0.15) is 0 Å². The molecule has 4 nitrogen and oxygen atoms in total. The topological polar surface area (TPSA) is 38.8 Å². The van der Waals surface area contributed by atoms with Crippen molar-refractivity contribution in [1.29, 1.82) is 0 Å². The van der Waals surface area contributed by atoms with E-state index in [9.17, 15) is 4.79 Å². The van der Waals surface area contributed by atoms with Crippen molar-refractivity contribution in [3.8, 4) is 5.75 Å². The van der Waals surface area contributed by atoms with Crippen LogP contribution in [0.2, 0.25) is 10.0 Å². The number of carbonyl (C=O) groups excluding carboxylic acids is 1. The highest BCUT2D eigenvalue weighted by Gasteiger charge is 2.17. The van der Waals surface area contributed by atoms with Crippen molar-refractivity contribution in [3.05, 3.63) is 28.2 Å². The monoisotopic (exact) mass is 345 g/mol. The van der Waals surface area contributed by atoms with Crippen molar-refractivity contribution in [3.63, 3.8) is 0 Å². The fourth-order valence-corrected chi connectivity index (χ4v) is 2.99.